The number of allylic oxidation sites excluding steroid dienone is 1. The Balaban J connectivity index is 1.43. The number of hydrogen-bond donors (Lipinski definition) is 0. The van der Waals surface area contributed by atoms with E-state index in [0.717, 1.165) is 29.7 Å². The van der Waals surface area contributed by atoms with Crippen LogP contribution in [0.4, 0.5) is 0 Å². The molecule has 0 atom stereocenters. The van der Waals surface area contributed by atoms with Gasteiger partial charge in [0.05, 0.1) is 0 Å². The minimum absolute atomic E-state index is 0.130. The second kappa shape index (κ2) is 8.89. The molecule has 136 valence electrons. The number of rotatable bonds is 4. The molecule has 0 N–H and O–H groups in total. The molecule has 3 rings (SSSR count). The summed E-state index contributed by atoms with van der Waals surface area (Å²) in [6.45, 7) is 1.85. The summed E-state index contributed by atoms with van der Waals surface area (Å²) in [7, 11) is 0. The molecule has 0 saturated heterocycles. The van der Waals surface area contributed by atoms with Gasteiger partial charge in [0.1, 0.15) is 6.10 Å². The summed E-state index contributed by atoms with van der Waals surface area (Å²) in [5.41, 5.74) is 1.45. The van der Waals surface area contributed by atoms with E-state index in [9.17, 15) is 4.79 Å². The van der Waals surface area contributed by atoms with Crippen LogP contribution in [0.25, 0.3) is 0 Å². The summed E-state index contributed by atoms with van der Waals surface area (Å²) >= 11 is 6.00. The Labute approximate surface area is 156 Å². The van der Waals surface area contributed by atoms with Gasteiger partial charge in [-0.2, -0.15) is 0 Å². The van der Waals surface area contributed by atoms with Crippen LogP contribution in [0.15, 0.2) is 36.4 Å². The highest BCUT2D eigenvalue weighted by Gasteiger charge is 2.32. The molecule has 1 aromatic rings. The van der Waals surface area contributed by atoms with Crippen LogP contribution in [0.2, 0.25) is 5.02 Å². The van der Waals surface area contributed by atoms with E-state index in [1.165, 1.54) is 50.2 Å². The third kappa shape index (κ3) is 5.10. The smallest absolute Gasteiger partial charge is 0.330 e. The Bertz CT molecular complexity index is 577. The van der Waals surface area contributed by atoms with Crippen LogP contribution in [0, 0.1) is 11.8 Å². The zero-order chi connectivity index (χ0) is 17.6. The molecule has 0 unspecified atom stereocenters. The fourth-order valence-electron chi connectivity index (χ4n) is 4.68. The quantitative estimate of drug-likeness (QED) is 0.465. The Hall–Kier alpha value is -1.28. The van der Waals surface area contributed by atoms with Crippen LogP contribution in [0.3, 0.4) is 0 Å². The summed E-state index contributed by atoms with van der Waals surface area (Å²) < 4.78 is 5.52. The summed E-state index contributed by atoms with van der Waals surface area (Å²) in [6, 6.07) is 8.41. The van der Waals surface area contributed by atoms with Crippen LogP contribution >= 0.6 is 11.6 Å². The molecular weight excluding hydrogens is 332 g/mol. The molecule has 0 aliphatic heterocycles. The number of ether oxygens (including phenoxy) is 1. The third-order valence-electron chi connectivity index (χ3n) is 6.08. The molecule has 2 saturated carbocycles. The molecule has 2 aliphatic carbocycles. The standard InChI is InChI=1S/C22H29ClO2/c1-2-3-22(24)25-21-14-10-19(11-15-21)17-6-4-16(5-7-17)18-8-12-20(23)13-9-18/h2-3,8-9,12-13,16-17,19,21H,4-7,10-11,14-15H2,1H3/b3-2+. The van der Waals surface area contributed by atoms with Gasteiger partial charge in [-0.25, -0.2) is 4.79 Å². The minimum Gasteiger partial charge on any atom is -0.459 e. The van der Waals surface area contributed by atoms with E-state index >= 15 is 0 Å². The maximum absolute atomic E-state index is 11.6. The molecule has 2 aliphatic rings. The Kier molecular flexibility index (Phi) is 6.58. The van der Waals surface area contributed by atoms with Crippen molar-refractivity contribution in [2.45, 2.75) is 70.3 Å². The Morgan fingerprint density at radius 1 is 0.960 bits per heavy atom. The summed E-state index contributed by atoms with van der Waals surface area (Å²) in [6.07, 6.45) is 13.1. The molecule has 2 nitrogen and oxygen atoms in total. The van der Waals surface area contributed by atoms with E-state index in [-0.39, 0.29) is 12.1 Å². The molecule has 0 radical (unpaired) electrons. The molecular formula is C22H29ClO2. The molecule has 2 fully saturated rings. The number of carbonyl (C=O) groups is 1. The maximum Gasteiger partial charge on any atom is 0.330 e. The first-order valence-electron chi connectivity index (χ1n) is 9.74. The van der Waals surface area contributed by atoms with Gasteiger partial charge in [0, 0.05) is 11.1 Å². The van der Waals surface area contributed by atoms with E-state index in [1.807, 2.05) is 19.1 Å². The van der Waals surface area contributed by atoms with Gasteiger partial charge < -0.3 is 4.74 Å². The van der Waals surface area contributed by atoms with Gasteiger partial charge >= 0.3 is 5.97 Å². The summed E-state index contributed by atoms with van der Waals surface area (Å²) in [5.74, 6) is 2.19. The molecule has 25 heavy (non-hydrogen) atoms. The fraction of sp³-hybridized carbons (Fsp3) is 0.591. The first kappa shape index (κ1) is 18.5. The predicted octanol–water partition coefficient (Wildman–Crippen LogP) is 6.29. The van der Waals surface area contributed by atoms with Gasteiger partial charge in [0.2, 0.25) is 0 Å². The number of halogens is 1. The lowest BCUT2D eigenvalue weighted by Crippen LogP contribution is -2.29. The molecule has 0 amide bonds. The highest BCUT2D eigenvalue weighted by molar-refractivity contribution is 6.30. The second-order valence-electron chi connectivity index (χ2n) is 7.64. The minimum atomic E-state index is -0.186. The number of esters is 1. The molecule has 1 aromatic carbocycles. The van der Waals surface area contributed by atoms with Gasteiger partial charge in [0.25, 0.3) is 0 Å². The average Bonchev–Trinajstić information content (AvgIpc) is 2.63. The van der Waals surface area contributed by atoms with E-state index in [1.54, 1.807) is 6.08 Å². The van der Waals surface area contributed by atoms with Crippen LogP contribution in [-0.2, 0) is 9.53 Å². The van der Waals surface area contributed by atoms with Gasteiger partial charge in [-0.15, -0.1) is 0 Å². The summed E-state index contributed by atoms with van der Waals surface area (Å²) in [4.78, 5) is 11.6. The van der Waals surface area contributed by atoms with Gasteiger partial charge in [-0.05, 0) is 93.7 Å². The van der Waals surface area contributed by atoms with Crippen molar-refractivity contribution in [3.05, 3.63) is 47.0 Å². The molecule has 3 heteroatoms. The first-order valence-corrected chi connectivity index (χ1v) is 10.1. The molecule has 0 bridgehead atoms. The topological polar surface area (TPSA) is 26.3 Å². The zero-order valence-corrected chi connectivity index (χ0v) is 15.9. The van der Waals surface area contributed by atoms with Gasteiger partial charge in [-0.1, -0.05) is 29.8 Å². The van der Waals surface area contributed by atoms with E-state index < -0.39 is 0 Å². The number of benzene rings is 1. The molecule has 0 aromatic heterocycles. The molecule has 0 heterocycles. The van der Waals surface area contributed by atoms with Crippen LogP contribution < -0.4 is 0 Å². The average molecular weight is 361 g/mol. The normalized spacial score (nSPS) is 30.3. The van der Waals surface area contributed by atoms with Gasteiger partial charge in [-0.3, -0.25) is 0 Å². The lowest BCUT2D eigenvalue weighted by Gasteiger charge is -2.37. The Morgan fingerprint density at radius 2 is 1.52 bits per heavy atom. The van der Waals surface area contributed by atoms with Crippen molar-refractivity contribution in [2.24, 2.45) is 11.8 Å². The van der Waals surface area contributed by atoms with E-state index in [2.05, 4.69) is 12.1 Å². The Morgan fingerprint density at radius 3 is 2.08 bits per heavy atom. The SMILES string of the molecule is C/C=C/C(=O)OC1CCC(C2CCC(c3ccc(Cl)cc3)CC2)CC1. The lowest BCUT2D eigenvalue weighted by atomic mass is 9.69. The fourth-order valence-corrected chi connectivity index (χ4v) is 4.80. The van der Waals surface area contributed by atoms with Crippen LogP contribution in [0.5, 0.6) is 0 Å². The largest absolute Gasteiger partial charge is 0.459 e. The third-order valence-corrected chi connectivity index (χ3v) is 6.34. The number of carbonyl (C=O) groups excluding carboxylic acids is 1. The van der Waals surface area contributed by atoms with Crippen LogP contribution in [-0.4, -0.2) is 12.1 Å². The van der Waals surface area contributed by atoms with Crippen molar-refractivity contribution in [2.75, 3.05) is 0 Å². The highest BCUT2D eigenvalue weighted by Crippen LogP contribution is 2.43. The van der Waals surface area contributed by atoms with Gasteiger partial charge in [0.15, 0.2) is 0 Å². The van der Waals surface area contributed by atoms with Crippen molar-refractivity contribution >= 4 is 17.6 Å². The highest BCUT2D eigenvalue weighted by atomic mass is 35.5. The monoisotopic (exact) mass is 360 g/mol. The van der Waals surface area contributed by atoms with E-state index in [0.29, 0.717) is 5.92 Å². The number of hydrogen-bond acceptors (Lipinski definition) is 2. The van der Waals surface area contributed by atoms with Crippen molar-refractivity contribution in [3.63, 3.8) is 0 Å². The zero-order valence-electron chi connectivity index (χ0n) is 15.1. The van der Waals surface area contributed by atoms with E-state index in [4.69, 9.17) is 16.3 Å². The lowest BCUT2D eigenvalue weighted by molar-refractivity contribution is -0.145. The van der Waals surface area contributed by atoms with Crippen molar-refractivity contribution < 1.29 is 9.53 Å². The van der Waals surface area contributed by atoms with Crippen LogP contribution in [0.1, 0.15) is 69.8 Å². The van der Waals surface area contributed by atoms with Crippen molar-refractivity contribution in [1.29, 1.82) is 0 Å². The summed E-state index contributed by atoms with van der Waals surface area (Å²) in [5, 5.41) is 0.823. The predicted molar refractivity (Wildman–Crippen MR) is 103 cm³/mol. The van der Waals surface area contributed by atoms with Crippen molar-refractivity contribution in [3.8, 4) is 0 Å². The second-order valence-corrected chi connectivity index (χ2v) is 8.07. The molecule has 0 spiro atoms. The van der Waals surface area contributed by atoms with Crippen molar-refractivity contribution in [1.82, 2.24) is 0 Å². The first-order chi connectivity index (χ1) is 12.2. The maximum atomic E-state index is 11.6.